The van der Waals surface area contributed by atoms with Crippen molar-refractivity contribution in [3.05, 3.63) is 118 Å². The van der Waals surface area contributed by atoms with Gasteiger partial charge in [0.15, 0.2) is 11.2 Å². The number of aliphatic hydroxyl groups excluding tert-OH is 1. The van der Waals surface area contributed by atoms with Crippen LogP contribution in [0.15, 0.2) is 101 Å². The van der Waals surface area contributed by atoms with Gasteiger partial charge in [-0.3, -0.25) is 13.9 Å². The lowest BCUT2D eigenvalue weighted by atomic mass is 9.92. The maximum atomic E-state index is 13.4. The van der Waals surface area contributed by atoms with Crippen LogP contribution in [0.2, 0.25) is 0 Å². The average Bonchev–Trinajstić information content (AvgIpc) is 3.86. The van der Waals surface area contributed by atoms with Gasteiger partial charge in [0, 0.05) is 24.8 Å². The van der Waals surface area contributed by atoms with E-state index in [4.69, 9.17) is 9.47 Å². The molecule has 1 fully saturated rings. The SMILES string of the molecule is CC(C)=CCCC(C)=CCCC(C)=CCn1cnc2c(ncn2[C@H]2C[C@@H]([C@@H](NC(=O)OCC3c4ccccc4-c4ccccc43)C(=O)O)C(CO)O2)c1=O. The Morgan fingerprint density at radius 2 is 1.59 bits per heavy atom. The second kappa shape index (κ2) is 17.2. The largest absolute Gasteiger partial charge is 0.480 e. The molecule has 54 heavy (non-hydrogen) atoms. The third-order valence-corrected chi connectivity index (χ3v) is 10.4. The quantitative estimate of drug-likeness (QED) is 0.111. The summed E-state index contributed by atoms with van der Waals surface area (Å²) in [6.45, 7) is 8.32. The lowest BCUT2D eigenvalue weighted by molar-refractivity contribution is -0.141. The van der Waals surface area contributed by atoms with Gasteiger partial charge in [-0.25, -0.2) is 19.6 Å². The number of benzene rings is 2. The summed E-state index contributed by atoms with van der Waals surface area (Å²) in [7, 11) is 0. The number of rotatable bonds is 15. The minimum absolute atomic E-state index is 0.0210. The number of nitrogens with zero attached hydrogens (tertiary/aromatic N) is 4. The fourth-order valence-electron chi connectivity index (χ4n) is 7.45. The topological polar surface area (TPSA) is 158 Å². The fourth-order valence-corrected chi connectivity index (χ4v) is 7.45. The molecule has 2 aromatic carbocycles. The fraction of sp³-hybridized carbons (Fsp3) is 0.405. The molecule has 3 heterocycles. The molecule has 2 aliphatic rings. The molecule has 12 nitrogen and oxygen atoms in total. The highest BCUT2D eigenvalue weighted by molar-refractivity contribution is 5.81. The molecule has 284 valence electrons. The van der Waals surface area contributed by atoms with Crippen molar-refractivity contribution in [1.82, 2.24) is 24.4 Å². The molecule has 4 atom stereocenters. The van der Waals surface area contributed by atoms with Crippen molar-refractivity contribution >= 4 is 23.2 Å². The molecule has 1 aliphatic carbocycles. The highest BCUT2D eigenvalue weighted by Gasteiger charge is 2.45. The van der Waals surface area contributed by atoms with E-state index in [0.29, 0.717) is 6.54 Å². The Hall–Kier alpha value is -5.33. The summed E-state index contributed by atoms with van der Waals surface area (Å²) in [5, 5.41) is 22.9. The van der Waals surface area contributed by atoms with Crippen LogP contribution in [-0.2, 0) is 20.8 Å². The van der Waals surface area contributed by atoms with Crippen molar-refractivity contribution in [3.8, 4) is 11.1 Å². The van der Waals surface area contributed by atoms with Gasteiger partial charge < -0.3 is 25.0 Å². The average molecular weight is 736 g/mol. The van der Waals surface area contributed by atoms with Crippen LogP contribution in [-0.4, -0.2) is 66.7 Å². The standard InChI is InChI=1S/C42H49N5O7/c1-26(2)11-9-12-27(3)13-10-14-28(4)19-20-46-24-44-39-38(40(46)49)43-25-47(39)36-21-33(35(22-48)54-36)37(41(50)51)45-42(52)53-23-34-31-17-7-5-15-29(31)30-16-6-8-18-32(30)34/h5-8,11,13,15-19,24-25,33-37,48H,9-10,12,14,20-23H2,1-4H3,(H,45,52)(H,50,51)/t33-,35?,36-,37-/m1/s1. The van der Waals surface area contributed by atoms with Crippen LogP contribution < -0.4 is 10.9 Å². The first-order valence-corrected chi connectivity index (χ1v) is 18.5. The van der Waals surface area contributed by atoms with Gasteiger partial charge in [-0.05, 0) is 75.6 Å². The number of fused-ring (bicyclic) bond motifs is 4. The lowest BCUT2D eigenvalue weighted by Gasteiger charge is -2.24. The van der Waals surface area contributed by atoms with Gasteiger partial charge in [-0.15, -0.1) is 0 Å². The van der Waals surface area contributed by atoms with Crippen molar-refractivity contribution in [2.24, 2.45) is 5.92 Å². The molecule has 2 aromatic heterocycles. The monoisotopic (exact) mass is 735 g/mol. The first-order valence-electron chi connectivity index (χ1n) is 18.5. The molecule has 3 N–H and O–H groups in total. The van der Waals surface area contributed by atoms with E-state index in [1.54, 1.807) is 4.57 Å². The van der Waals surface area contributed by atoms with Crippen molar-refractivity contribution in [3.63, 3.8) is 0 Å². The maximum absolute atomic E-state index is 13.4. The van der Waals surface area contributed by atoms with Gasteiger partial charge in [0.1, 0.15) is 25.2 Å². The molecule has 1 saturated heterocycles. The summed E-state index contributed by atoms with van der Waals surface area (Å²) in [6.07, 6.45) is 10.9. The molecule has 6 rings (SSSR count). The van der Waals surface area contributed by atoms with Gasteiger partial charge in [0.25, 0.3) is 5.56 Å². The Kier molecular flexibility index (Phi) is 12.2. The second-order valence-corrected chi connectivity index (χ2v) is 14.5. The minimum Gasteiger partial charge on any atom is -0.480 e. The molecule has 0 radical (unpaired) electrons. The number of aromatic nitrogens is 4. The smallest absolute Gasteiger partial charge is 0.407 e. The third-order valence-electron chi connectivity index (χ3n) is 10.4. The van der Waals surface area contributed by atoms with Crippen molar-refractivity contribution in [2.75, 3.05) is 13.2 Å². The van der Waals surface area contributed by atoms with Crippen LogP contribution in [0.3, 0.4) is 0 Å². The molecular formula is C42H49N5O7. The minimum atomic E-state index is -1.42. The molecule has 1 unspecified atom stereocenters. The van der Waals surface area contributed by atoms with Crippen LogP contribution in [0.25, 0.3) is 22.3 Å². The molecule has 1 aliphatic heterocycles. The molecule has 0 bridgehead atoms. The summed E-state index contributed by atoms with van der Waals surface area (Å²) >= 11 is 0. The Morgan fingerprint density at radius 3 is 2.24 bits per heavy atom. The number of hydrogen-bond donors (Lipinski definition) is 3. The van der Waals surface area contributed by atoms with Crippen molar-refractivity contribution < 1.29 is 29.3 Å². The van der Waals surface area contributed by atoms with Gasteiger partial charge >= 0.3 is 12.1 Å². The summed E-state index contributed by atoms with van der Waals surface area (Å²) in [4.78, 5) is 47.9. The van der Waals surface area contributed by atoms with Crippen LogP contribution in [0.5, 0.6) is 0 Å². The number of nitrogens with one attached hydrogen (secondary N) is 1. The number of carbonyl (C=O) groups excluding carboxylic acids is 1. The van der Waals surface area contributed by atoms with E-state index in [2.05, 4.69) is 55.1 Å². The Bertz CT molecular complexity index is 2100. The highest BCUT2D eigenvalue weighted by atomic mass is 16.6. The van der Waals surface area contributed by atoms with Crippen LogP contribution in [0, 0.1) is 5.92 Å². The van der Waals surface area contributed by atoms with Gasteiger partial charge in [-0.2, -0.15) is 0 Å². The molecule has 0 saturated carbocycles. The van der Waals surface area contributed by atoms with Gasteiger partial charge in [0.05, 0.1) is 19.0 Å². The first kappa shape index (κ1) is 38.4. The molecule has 12 heteroatoms. The number of carboxylic acid groups (broad SMARTS) is 1. The first-order chi connectivity index (χ1) is 26.0. The van der Waals surface area contributed by atoms with E-state index in [-0.39, 0.29) is 35.7 Å². The van der Waals surface area contributed by atoms with Crippen LogP contribution >= 0.6 is 0 Å². The summed E-state index contributed by atoms with van der Waals surface area (Å²) in [5.74, 6) is -2.30. The number of ether oxygens (including phenoxy) is 2. The highest BCUT2D eigenvalue weighted by Crippen LogP contribution is 2.44. The van der Waals surface area contributed by atoms with E-state index < -0.39 is 43.0 Å². The maximum Gasteiger partial charge on any atom is 0.407 e. The Morgan fingerprint density at radius 1 is 0.944 bits per heavy atom. The number of carboxylic acids is 1. The second-order valence-electron chi connectivity index (χ2n) is 14.5. The Balaban J connectivity index is 1.08. The number of amides is 1. The lowest BCUT2D eigenvalue weighted by Crippen LogP contribution is -2.49. The zero-order valence-corrected chi connectivity index (χ0v) is 31.3. The zero-order valence-electron chi connectivity index (χ0n) is 31.3. The van der Waals surface area contributed by atoms with Gasteiger partial charge in [0.2, 0.25) is 0 Å². The van der Waals surface area contributed by atoms with E-state index in [0.717, 1.165) is 47.9 Å². The molecule has 1 amide bonds. The zero-order chi connectivity index (χ0) is 38.4. The van der Waals surface area contributed by atoms with Crippen molar-refractivity contribution in [2.45, 2.75) is 90.6 Å². The normalized spacial score (nSPS) is 19.0. The number of aliphatic hydroxyl groups is 1. The predicted octanol–water partition coefficient (Wildman–Crippen LogP) is 6.90. The molecule has 4 aromatic rings. The molecule has 0 spiro atoms. The number of imidazole rings is 1. The number of allylic oxidation sites excluding steroid dienone is 6. The summed E-state index contributed by atoms with van der Waals surface area (Å²) in [6, 6.07) is 14.5. The number of carbonyl (C=O) groups is 2. The number of alkyl carbamates (subject to hydrolysis) is 1. The predicted molar refractivity (Wildman–Crippen MR) is 206 cm³/mol. The van der Waals surface area contributed by atoms with Crippen LogP contribution in [0.1, 0.15) is 83.1 Å². The molecular weight excluding hydrogens is 686 g/mol. The van der Waals surface area contributed by atoms with E-state index in [1.165, 1.54) is 33.9 Å². The van der Waals surface area contributed by atoms with Gasteiger partial charge in [-0.1, -0.05) is 83.5 Å². The van der Waals surface area contributed by atoms with E-state index in [9.17, 15) is 24.6 Å². The number of aliphatic carboxylic acids is 1. The van der Waals surface area contributed by atoms with E-state index >= 15 is 0 Å². The van der Waals surface area contributed by atoms with Crippen molar-refractivity contribution in [1.29, 1.82) is 0 Å². The Labute approximate surface area is 314 Å². The summed E-state index contributed by atoms with van der Waals surface area (Å²) < 4.78 is 14.8. The van der Waals surface area contributed by atoms with E-state index in [1.807, 2.05) is 54.6 Å². The number of hydrogen-bond acceptors (Lipinski definition) is 8. The summed E-state index contributed by atoms with van der Waals surface area (Å²) in [5.41, 5.74) is 8.21. The van der Waals surface area contributed by atoms with Crippen LogP contribution in [0.4, 0.5) is 4.79 Å². The third kappa shape index (κ3) is 8.55.